The van der Waals surface area contributed by atoms with Crippen molar-refractivity contribution in [2.45, 2.75) is 31.2 Å². The van der Waals surface area contributed by atoms with E-state index in [1.165, 1.54) is 16.4 Å². The Balaban J connectivity index is 3.14. The van der Waals surface area contributed by atoms with E-state index >= 15 is 0 Å². The molecule has 0 spiro atoms. The lowest BCUT2D eigenvalue weighted by molar-refractivity contribution is 0.258. The molecular formula is C12H19NO4S. The summed E-state index contributed by atoms with van der Waals surface area (Å²) in [6.07, 6.45) is 0.366. The van der Waals surface area contributed by atoms with Crippen molar-refractivity contribution in [1.82, 2.24) is 4.31 Å². The van der Waals surface area contributed by atoms with Gasteiger partial charge in [0.2, 0.25) is 10.0 Å². The molecule has 5 nitrogen and oxygen atoms in total. The number of hydrogen-bond acceptors (Lipinski definition) is 4. The highest BCUT2D eigenvalue weighted by Gasteiger charge is 2.28. The Labute approximate surface area is 108 Å². The summed E-state index contributed by atoms with van der Waals surface area (Å²) >= 11 is 0. The van der Waals surface area contributed by atoms with Crippen LogP contribution in [0.3, 0.4) is 0 Å². The lowest BCUT2D eigenvalue weighted by atomic mass is 10.3. The predicted octanol–water partition coefficient (Wildman–Crippen LogP) is 1.17. The minimum absolute atomic E-state index is 0.0699. The molecule has 1 aromatic rings. The molecule has 0 aliphatic rings. The molecule has 102 valence electrons. The van der Waals surface area contributed by atoms with Crippen molar-refractivity contribution in [2.24, 2.45) is 0 Å². The van der Waals surface area contributed by atoms with E-state index in [1.54, 1.807) is 26.0 Å². The Hall–Kier alpha value is -1.11. The van der Waals surface area contributed by atoms with E-state index in [2.05, 4.69) is 0 Å². The second-order valence-electron chi connectivity index (χ2n) is 4.25. The average molecular weight is 273 g/mol. The van der Waals surface area contributed by atoms with Gasteiger partial charge in [-0.3, -0.25) is 0 Å². The Bertz CT molecular complexity index is 485. The second kappa shape index (κ2) is 6.17. The normalized spacial score (nSPS) is 12.3. The number of para-hydroxylation sites is 1. The molecule has 0 aromatic heterocycles. The van der Waals surface area contributed by atoms with Gasteiger partial charge < -0.3 is 10.2 Å². The van der Waals surface area contributed by atoms with Gasteiger partial charge in [0.25, 0.3) is 0 Å². The van der Waals surface area contributed by atoms with Crippen molar-refractivity contribution >= 4 is 10.0 Å². The van der Waals surface area contributed by atoms with Crippen LogP contribution in [0.5, 0.6) is 5.75 Å². The Morgan fingerprint density at radius 1 is 1.28 bits per heavy atom. The number of aliphatic hydroxyl groups excluding tert-OH is 1. The molecule has 6 heteroatoms. The highest BCUT2D eigenvalue weighted by Crippen LogP contribution is 2.26. The highest BCUT2D eigenvalue weighted by atomic mass is 32.2. The molecule has 1 rings (SSSR count). The highest BCUT2D eigenvalue weighted by molar-refractivity contribution is 7.89. The number of nitrogens with zero attached hydrogens (tertiary/aromatic N) is 1. The minimum atomic E-state index is -3.73. The summed E-state index contributed by atoms with van der Waals surface area (Å²) in [6, 6.07) is 5.62. The summed E-state index contributed by atoms with van der Waals surface area (Å²) in [6.45, 7) is 3.67. The van der Waals surface area contributed by atoms with Crippen LogP contribution in [0.4, 0.5) is 0 Å². The van der Waals surface area contributed by atoms with Crippen LogP contribution in [-0.2, 0) is 10.0 Å². The molecule has 0 saturated carbocycles. The van der Waals surface area contributed by atoms with Gasteiger partial charge in [0, 0.05) is 19.2 Å². The zero-order chi connectivity index (χ0) is 13.8. The maximum Gasteiger partial charge on any atom is 0.246 e. The molecule has 18 heavy (non-hydrogen) atoms. The molecule has 0 fully saturated rings. The van der Waals surface area contributed by atoms with Crippen molar-refractivity contribution < 1.29 is 18.6 Å². The summed E-state index contributed by atoms with van der Waals surface area (Å²) < 4.78 is 26.0. The van der Waals surface area contributed by atoms with Crippen LogP contribution >= 0.6 is 0 Å². The third kappa shape index (κ3) is 3.22. The summed E-state index contributed by atoms with van der Waals surface area (Å²) in [5.41, 5.74) is 0. The van der Waals surface area contributed by atoms with E-state index in [4.69, 9.17) is 5.11 Å². The molecule has 0 atom stereocenters. The first kappa shape index (κ1) is 14.9. The van der Waals surface area contributed by atoms with Crippen molar-refractivity contribution in [3.63, 3.8) is 0 Å². The van der Waals surface area contributed by atoms with Gasteiger partial charge in [-0.2, -0.15) is 4.31 Å². The molecule has 2 N–H and O–H groups in total. The fourth-order valence-electron chi connectivity index (χ4n) is 1.68. The molecule has 0 heterocycles. The lowest BCUT2D eigenvalue weighted by Gasteiger charge is -2.25. The Kier molecular flexibility index (Phi) is 5.13. The standard InChI is InChI=1S/C12H19NO4S/c1-10(2)13(8-5-9-14)18(16,17)12-7-4-3-6-11(12)15/h3-4,6-7,10,14-15H,5,8-9H2,1-2H3. The van der Waals surface area contributed by atoms with Crippen LogP contribution in [0.25, 0.3) is 0 Å². The largest absolute Gasteiger partial charge is 0.507 e. The smallest absolute Gasteiger partial charge is 0.246 e. The van der Waals surface area contributed by atoms with Gasteiger partial charge in [0.15, 0.2) is 0 Å². The molecule has 0 aliphatic carbocycles. The Morgan fingerprint density at radius 2 is 1.89 bits per heavy atom. The molecule has 0 radical (unpaired) electrons. The van der Waals surface area contributed by atoms with Crippen molar-refractivity contribution in [2.75, 3.05) is 13.2 Å². The van der Waals surface area contributed by atoms with E-state index in [0.29, 0.717) is 6.42 Å². The number of aliphatic hydroxyl groups is 1. The summed E-state index contributed by atoms with van der Waals surface area (Å²) in [5.74, 6) is -0.257. The Morgan fingerprint density at radius 3 is 2.39 bits per heavy atom. The zero-order valence-corrected chi connectivity index (χ0v) is 11.4. The quantitative estimate of drug-likeness (QED) is 0.815. The third-order valence-corrected chi connectivity index (χ3v) is 4.69. The van der Waals surface area contributed by atoms with Crippen molar-refractivity contribution in [3.8, 4) is 5.75 Å². The van der Waals surface area contributed by atoms with E-state index in [9.17, 15) is 13.5 Å². The first-order valence-corrected chi connectivity index (χ1v) is 7.26. The van der Waals surface area contributed by atoms with Crippen LogP contribution in [0.15, 0.2) is 29.2 Å². The van der Waals surface area contributed by atoms with E-state index in [1.807, 2.05) is 0 Å². The maximum atomic E-state index is 12.4. The van der Waals surface area contributed by atoms with E-state index in [0.717, 1.165) is 0 Å². The van der Waals surface area contributed by atoms with E-state index in [-0.39, 0.29) is 29.8 Å². The van der Waals surface area contributed by atoms with Gasteiger partial charge in [-0.25, -0.2) is 8.42 Å². The number of benzene rings is 1. The number of aromatic hydroxyl groups is 1. The molecule has 0 amide bonds. The molecule has 0 saturated heterocycles. The van der Waals surface area contributed by atoms with Crippen LogP contribution in [0.1, 0.15) is 20.3 Å². The summed E-state index contributed by atoms with van der Waals surface area (Å²) in [4.78, 5) is -0.100. The van der Waals surface area contributed by atoms with Crippen molar-refractivity contribution in [3.05, 3.63) is 24.3 Å². The van der Waals surface area contributed by atoms with Gasteiger partial charge in [0.1, 0.15) is 10.6 Å². The third-order valence-electron chi connectivity index (χ3n) is 2.56. The number of phenols is 1. The van der Waals surface area contributed by atoms with Gasteiger partial charge in [0.05, 0.1) is 0 Å². The van der Waals surface area contributed by atoms with Crippen molar-refractivity contribution in [1.29, 1.82) is 0 Å². The van der Waals surface area contributed by atoms with Gasteiger partial charge >= 0.3 is 0 Å². The van der Waals surface area contributed by atoms with Gasteiger partial charge in [-0.1, -0.05) is 12.1 Å². The fourth-order valence-corrected chi connectivity index (χ4v) is 3.44. The first-order chi connectivity index (χ1) is 8.41. The molecule has 0 bridgehead atoms. The number of phenolic OH excluding ortho intramolecular Hbond substituents is 1. The summed E-state index contributed by atoms with van der Waals surface area (Å²) in [7, 11) is -3.73. The van der Waals surface area contributed by atoms with Crippen LogP contribution < -0.4 is 0 Å². The number of hydrogen-bond donors (Lipinski definition) is 2. The van der Waals surface area contributed by atoms with Crippen LogP contribution in [0, 0.1) is 0 Å². The van der Waals surface area contributed by atoms with Gasteiger partial charge in [-0.05, 0) is 32.4 Å². The summed E-state index contributed by atoms with van der Waals surface area (Å²) in [5, 5.41) is 18.5. The molecule has 0 aliphatic heterocycles. The molecular weight excluding hydrogens is 254 g/mol. The minimum Gasteiger partial charge on any atom is -0.507 e. The maximum absolute atomic E-state index is 12.4. The predicted molar refractivity (Wildman–Crippen MR) is 68.8 cm³/mol. The topological polar surface area (TPSA) is 77.8 Å². The van der Waals surface area contributed by atoms with Gasteiger partial charge in [-0.15, -0.1) is 0 Å². The monoisotopic (exact) mass is 273 g/mol. The van der Waals surface area contributed by atoms with Crippen LogP contribution in [0.2, 0.25) is 0 Å². The SMILES string of the molecule is CC(C)N(CCCO)S(=O)(=O)c1ccccc1O. The lowest BCUT2D eigenvalue weighted by Crippen LogP contribution is -2.38. The molecule has 0 unspecified atom stereocenters. The number of sulfonamides is 1. The number of rotatable bonds is 6. The average Bonchev–Trinajstić information content (AvgIpc) is 2.29. The first-order valence-electron chi connectivity index (χ1n) is 5.82. The fraction of sp³-hybridized carbons (Fsp3) is 0.500. The second-order valence-corrected chi connectivity index (χ2v) is 6.11. The van der Waals surface area contributed by atoms with Crippen LogP contribution in [-0.4, -0.2) is 42.1 Å². The van der Waals surface area contributed by atoms with E-state index < -0.39 is 10.0 Å². The molecule has 1 aromatic carbocycles. The zero-order valence-electron chi connectivity index (χ0n) is 10.6.